The molecule has 0 unspecified atom stereocenters. The van der Waals surface area contributed by atoms with Crippen molar-refractivity contribution in [2.45, 2.75) is 0 Å². The summed E-state index contributed by atoms with van der Waals surface area (Å²) >= 11 is 1.21. The lowest BCUT2D eigenvalue weighted by atomic mass is 10.2. The monoisotopic (exact) mass is 238 g/mol. The maximum atomic E-state index is 13.3. The quantitative estimate of drug-likeness (QED) is 0.843. The van der Waals surface area contributed by atoms with Crippen molar-refractivity contribution in [1.29, 1.82) is 0 Å². The van der Waals surface area contributed by atoms with E-state index >= 15 is 0 Å². The van der Waals surface area contributed by atoms with E-state index in [0.29, 0.717) is 5.13 Å². The Kier molecular flexibility index (Phi) is 2.82. The second-order valence-corrected chi connectivity index (χ2v) is 3.82. The van der Waals surface area contributed by atoms with Gasteiger partial charge in [-0.1, -0.05) is 6.07 Å². The third kappa shape index (κ3) is 2.01. The lowest BCUT2D eigenvalue weighted by molar-refractivity contribution is 0.102. The molecule has 0 radical (unpaired) electrons. The number of benzene rings is 1. The normalized spacial score (nSPS) is 10.1. The highest BCUT2D eigenvalue weighted by molar-refractivity contribution is 7.13. The Morgan fingerprint density at radius 3 is 2.94 bits per heavy atom. The molecule has 1 heterocycles. The van der Waals surface area contributed by atoms with Gasteiger partial charge in [-0.05, 0) is 12.1 Å². The van der Waals surface area contributed by atoms with Crippen LogP contribution in [0.15, 0.2) is 29.8 Å². The third-order valence-electron chi connectivity index (χ3n) is 1.87. The molecule has 0 aliphatic carbocycles. The molecule has 2 rings (SSSR count). The summed E-state index contributed by atoms with van der Waals surface area (Å²) in [5.41, 5.74) is -0.377. The van der Waals surface area contributed by atoms with Gasteiger partial charge in [0.1, 0.15) is 17.1 Å². The lowest BCUT2D eigenvalue weighted by Gasteiger charge is -2.04. The van der Waals surface area contributed by atoms with Crippen molar-refractivity contribution in [2.24, 2.45) is 0 Å². The zero-order chi connectivity index (χ0) is 11.5. The molecule has 0 spiro atoms. The molecule has 0 saturated heterocycles. The second kappa shape index (κ2) is 4.28. The van der Waals surface area contributed by atoms with E-state index in [1.807, 2.05) is 0 Å². The first-order chi connectivity index (χ1) is 7.68. The van der Waals surface area contributed by atoms with Crippen molar-refractivity contribution in [3.05, 3.63) is 41.2 Å². The number of carbonyl (C=O) groups excluding carboxylic acids is 1. The highest BCUT2D eigenvalue weighted by atomic mass is 32.1. The molecule has 2 aromatic rings. The summed E-state index contributed by atoms with van der Waals surface area (Å²) < 4.78 is 13.3. The molecule has 0 saturated carbocycles. The number of hydrogen-bond acceptors (Lipinski definition) is 4. The first-order valence-corrected chi connectivity index (χ1v) is 5.25. The van der Waals surface area contributed by atoms with E-state index in [4.69, 9.17) is 0 Å². The number of thiazole rings is 1. The zero-order valence-corrected chi connectivity index (χ0v) is 8.79. The molecule has 1 amide bonds. The van der Waals surface area contributed by atoms with Crippen LogP contribution in [0.5, 0.6) is 5.75 Å². The predicted molar refractivity (Wildman–Crippen MR) is 58.1 cm³/mol. The number of phenols is 1. The Bertz CT molecular complexity index is 493. The number of nitrogens with one attached hydrogen (secondary N) is 1. The average molecular weight is 238 g/mol. The SMILES string of the molecule is O=C(Nc1nccs1)c1c(O)cccc1F. The highest BCUT2D eigenvalue weighted by Crippen LogP contribution is 2.21. The number of hydrogen-bond donors (Lipinski definition) is 2. The number of aromatic nitrogens is 1. The number of phenolic OH excluding ortho intramolecular Hbond substituents is 1. The van der Waals surface area contributed by atoms with Gasteiger partial charge in [0.2, 0.25) is 0 Å². The summed E-state index contributed by atoms with van der Waals surface area (Å²) in [6.45, 7) is 0. The van der Waals surface area contributed by atoms with E-state index < -0.39 is 17.5 Å². The van der Waals surface area contributed by atoms with Gasteiger partial charge in [-0.3, -0.25) is 10.1 Å². The minimum absolute atomic E-state index is 0.354. The number of aromatic hydroxyl groups is 1. The van der Waals surface area contributed by atoms with E-state index in [1.54, 1.807) is 5.38 Å². The highest BCUT2D eigenvalue weighted by Gasteiger charge is 2.16. The number of carbonyl (C=O) groups is 1. The molecule has 16 heavy (non-hydrogen) atoms. The van der Waals surface area contributed by atoms with Crippen LogP contribution in [0.2, 0.25) is 0 Å². The Hall–Kier alpha value is -1.95. The molecule has 0 fully saturated rings. The minimum Gasteiger partial charge on any atom is -0.507 e. The minimum atomic E-state index is -0.769. The Morgan fingerprint density at radius 1 is 1.50 bits per heavy atom. The molecule has 0 aliphatic heterocycles. The molecule has 82 valence electrons. The third-order valence-corrected chi connectivity index (χ3v) is 2.56. The molecular formula is C10H7FN2O2S. The van der Waals surface area contributed by atoms with Gasteiger partial charge in [0.05, 0.1) is 0 Å². The summed E-state index contributed by atoms with van der Waals surface area (Å²) in [5.74, 6) is -1.88. The number of amides is 1. The van der Waals surface area contributed by atoms with Crippen LogP contribution in [0.25, 0.3) is 0 Å². The summed E-state index contributed by atoms with van der Waals surface area (Å²) in [4.78, 5) is 15.4. The fourth-order valence-electron chi connectivity index (χ4n) is 1.18. The number of anilines is 1. The van der Waals surface area contributed by atoms with Gasteiger partial charge in [-0.15, -0.1) is 11.3 Å². The van der Waals surface area contributed by atoms with Gasteiger partial charge in [0.15, 0.2) is 5.13 Å². The van der Waals surface area contributed by atoms with E-state index in [2.05, 4.69) is 10.3 Å². The first-order valence-electron chi connectivity index (χ1n) is 4.37. The summed E-state index contributed by atoms with van der Waals surface area (Å²) in [5, 5.41) is 13.8. The van der Waals surface area contributed by atoms with Crippen molar-refractivity contribution in [2.75, 3.05) is 5.32 Å². The lowest BCUT2D eigenvalue weighted by Crippen LogP contribution is -2.13. The van der Waals surface area contributed by atoms with Gasteiger partial charge in [-0.25, -0.2) is 9.37 Å². The van der Waals surface area contributed by atoms with Crippen LogP contribution in [0, 0.1) is 5.82 Å². The maximum Gasteiger partial charge on any atom is 0.264 e. The van der Waals surface area contributed by atoms with Crippen molar-refractivity contribution < 1.29 is 14.3 Å². The molecule has 1 aromatic carbocycles. The molecule has 0 aliphatic rings. The average Bonchev–Trinajstić information content (AvgIpc) is 2.70. The first kappa shape index (κ1) is 10.6. The van der Waals surface area contributed by atoms with E-state index in [9.17, 15) is 14.3 Å². The molecule has 2 N–H and O–H groups in total. The molecular weight excluding hydrogens is 231 g/mol. The van der Waals surface area contributed by atoms with Crippen LogP contribution in [0.3, 0.4) is 0 Å². The maximum absolute atomic E-state index is 13.3. The molecule has 1 aromatic heterocycles. The fraction of sp³-hybridized carbons (Fsp3) is 0. The largest absolute Gasteiger partial charge is 0.507 e. The summed E-state index contributed by atoms with van der Waals surface area (Å²) in [7, 11) is 0. The van der Waals surface area contributed by atoms with Crippen LogP contribution in [0.4, 0.5) is 9.52 Å². The second-order valence-electron chi connectivity index (χ2n) is 2.93. The molecule has 0 bridgehead atoms. The van der Waals surface area contributed by atoms with E-state index in [-0.39, 0.29) is 5.56 Å². The number of halogens is 1. The molecule has 4 nitrogen and oxygen atoms in total. The van der Waals surface area contributed by atoms with Crippen molar-refractivity contribution >= 4 is 22.4 Å². The standard InChI is InChI=1S/C10H7FN2O2S/c11-6-2-1-3-7(14)8(6)9(15)13-10-12-4-5-16-10/h1-5,14H,(H,12,13,15). The van der Waals surface area contributed by atoms with Gasteiger partial charge in [0, 0.05) is 11.6 Å². The topological polar surface area (TPSA) is 62.2 Å². The van der Waals surface area contributed by atoms with Crippen LogP contribution in [-0.4, -0.2) is 16.0 Å². The van der Waals surface area contributed by atoms with E-state index in [1.165, 1.54) is 29.7 Å². The van der Waals surface area contributed by atoms with Gasteiger partial charge < -0.3 is 5.11 Å². The van der Waals surface area contributed by atoms with Crippen LogP contribution >= 0.6 is 11.3 Å². The van der Waals surface area contributed by atoms with Crippen LogP contribution in [-0.2, 0) is 0 Å². The van der Waals surface area contributed by atoms with Gasteiger partial charge >= 0.3 is 0 Å². The number of rotatable bonds is 2. The molecule has 0 atom stereocenters. The molecule has 6 heteroatoms. The van der Waals surface area contributed by atoms with Gasteiger partial charge in [-0.2, -0.15) is 0 Å². The Labute approximate surface area is 94.4 Å². The van der Waals surface area contributed by atoms with E-state index in [0.717, 1.165) is 6.07 Å². The van der Waals surface area contributed by atoms with Gasteiger partial charge in [0.25, 0.3) is 5.91 Å². The Morgan fingerprint density at radius 2 is 2.31 bits per heavy atom. The zero-order valence-electron chi connectivity index (χ0n) is 7.98. The summed E-state index contributed by atoms with van der Waals surface area (Å²) in [6.07, 6.45) is 1.52. The number of nitrogens with zero attached hydrogens (tertiary/aromatic N) is 1. The fourth-order valence-corrected chi connectivity index (χ4v) is 1.71. The van der Waals surface area contributed by atoms with Crippen LogP contribution < -0.4 is 5.32 Å². The predicted octanol–water partition coefficient (Wildman–Crippen LogP) is 2.24. The van der Waals surface area contributed by atoms with Crippen molar-refractivity contribution in [3.63, 3.8) is 0 Å². The smallest absolute Gasteiger partial charge is 0.264 e. The Balaban J connectivity index is 2.28. The van der Waals surface area contributed by atoms with Crippen molar-refractivity contribution in [3.8, 4) is 5.75 Å². The van der Waals surface area contributed by atoms with Crippen molar-refractivity contribution in [1.82, 2.24) is 4.98 Å². The van der Waals surface area contributed by atoms with Crippen LogP contribution in [0.1, 0.15) is 10.4 Å². The summed E-state index contributed by atoms with van der Waals surface area (Å²) in [6, 6.07) is 3.68.